The number of rotatable bonds is 4. The third-order valence-corrected chi connectivity index (χ3v) is 14.4. The first kappa shape index (κ1) is 22.1. The lowest BCUT2D eigenvalue weighted by molar-refractivity contribution is 0.449. The van der Waals surface area contributed by atoms with E-state index in [1.165, 1.54) is 82.6 Å². The van der Waals surface area contributed by atoms with Gasteiger partial charge in [0.25, 0.3) is 0 Å². The van der Waals surface area contributed by atoms with Crippen molar-refractivity contribution in [1.29, 1.82) is 0 Å². The van der Waals surface area contributed by atoms with E-state index < -0.39 is 11.2 Å². The fourth-order valence-corrected chi connectivity index (χ4v) is 13.2. The zero-order valence-electron chi connectivity index (χ0n) is 17.8. The Kier molecular flexibility index (Phi) is 7.62. The van der Waals surface area contributed by atoms with Crippen LogP contribution in [0.2, 0.25) is 0 Å². The quantitative estimate of drug-likeness (QED) is 0.317. The number of halogens is 2. The van der Waals surface area contributed by atoms with Gasteiger partial charge in [0.1, 0.15) is 4.33 Å². The lowest BCUT2D eigenvalue weighted by Crippen LogP contribution is -2.35. The fraction of sp³-hybridized carbons (Fsp3) is 0.692. The Bertz CT molecular complexity index is 703. The molecule has 3 aliphatic rings. The van der Waals surface area contributed by atoms with E-state index in [0.717, 1.165) is 29.8 Å². The van der Waals surface area contributed by atoms with Gasteiger partial charge in [0.05, 0.1) is 0 Å². The molecular formula is C26H37Cl2P. The van der Waals surface area contributed by atoms with Crippen molar-refractivity contribution in [3.05, 3.63) is 35.9 Å². The van der Waals surface area contributed by atoms with Crippen LogP contribution in [0.5, 0.6) is 0 Å². The molecule has 1 aromatic rings. The van der Waals surface area contributed by atoms with Gasteiger partial charge in [0, 0.05) is 0 Å². The minimum absolute atomic E-state index is 0.492. The van der Waals surface area contributed by atoms with Crippen molar-refractivity contribution < 1.29 is 0 Å². The molecule has 0 amide bonds. The minimum atomic E-state index is -1.37. The van der Waals surface area contributed by atoms with E-state index in [1.54, 1.807) is 0 Å². The lowest BCUT2D eigenvalue weighted by atomic mass is 9.98. The molecule has 0 bridgehead atoms. The molecule has 3 heteroatoms. The molecule has 0 heterocycles. The van der Waals surface area contributed by atoms with Crippen LogP contribution in [0.4, 0.5) is 0 Å². The highest BCUT2D eigenvalue weighted by Crippen LogP contribution is 2.69. The highest BCUT2D eigenvalue weighted by molar-refractivity contribution is 7.76. The van der Waals surface area contributed by atoms with E-state index in [9.17, 15) is 0 Å². The smallest absolute Gasteiger partial charge is 0.118 e. The predicted octanol–water partition coefficient (Wildman–Crippen LogP) is 8.90. The number of alkyl halides is 2. The molecule has 0 atom stereocenters. The Morgan fingerprint density at radius 1 is 0.724 bits per heavy atom. The molecule has 0 aromatic heterocycles. The molecule has 3 saturated carbocycles. The van der Waals surface area contributed by atoms with Crippen LogP contribution in [0.1, 0.15) is 95.5 Å². The van der Waals surface area contributed by atoms with E-state index in [2.05, 4.69) is 41.9 Å². The van der Waals surface area contributed by atoms with Crippen molar-refractivity contribution in [2.75, 3.05) is 0 Å². The number of hydrogen-bond donors (Lipinski definition) is 0. The summed E-state index contributed by atoms with van der Waals surface area (Å²) in [6.45, 7) is -1.37. The summed E-state index contributed by atoms with van der Waals surface area (Å²) >= 11 is 13.2. The molecule has 4 rings (SSSR count). The summed E-state index contributed by atoms with van der Waals surface area (Å²) in [4.78, 5) is 0. The summed E-state index contributed by atoms with van der Waals surface area (Å²) in [5.41, 5.74) is 8.18. The first-order valence-electron chi connectivity index (χ1n) is 12.0. The van der Waals surface area contributed by atoms with E-state index in [4.69, 9.17) is 23.2 Å². The minimum Gasteiger partial charge on any atom is -0.125 e. The average Bonchev–Trinajstić information content (AvgIpc) is 2.77. The summed E-state index contributed by atoms with van der Waals surface area (Å²) < 4.78 is -0.492. The van der Waals surface area contributed by atoms with E-state index in [0.29, 0.717) is 0 Å². The van der Waals surface area contributed by atoms with Gasteiger partial charge in [-0.05, 0) is 80.0 Å². The van der Waals surface area contributed by atoms with Crippen molar-refractivity contribution in [3.8, 4) is 0 Å². The van der Waals surface area contributed by atoms with Crippen molar-refractivity contribution in [1.82, 2.24) is 0 Å². The van der Waals surface area contributed by atoms with Crippen molar-refractivity contribution in [2.24, 2.45) is 0 Å². The van der Waals surface area contributed by atoms with Crippen LogP contribution >= 0.6 is 30.1 Å². The Morgan fingerprint density at radius 2 is 1.21 bits per heavy atom. The van der Waals surface area contributed by atoms with Gasteiger partial charge in [-0.3, -0.25) is 0 Å². The molecule has 3 aliphatic carbocycles. The molecule has 29 heavy (non-hydrogen) atoms. The Morgan fingerprint density at radius 3 is 1.72 bits per heavy atom. The molecule has 0 aliphatic heterocycles. The third-order valence-electron chi connectivity index (χ3n) is 7.90. The van der Waals surface area contributed by atoms with Crippen LogP contribution in [-0.4, -0.2) is 26.8 Å². The van der Waals surface area contributed by atoms with E-state index in [-0.39, 0.29) is 0 Å². The summed E-state index contributed by atoms with van der Waals surface area (Å²) in [5.74, 6) is 0. The molecule has 160 valence electrons. The van der Waals surface area contributed by atoms with Gasteiger partial charge in [-0.1, -0.05) is 75.7 Å². The maximum Gasteiger partial charge on any atom is 0.118 e. The van der Waals surface area contributed by atoms with E-state index >= 15 is 0 Å². The molecule has 0 radical (unpaired) electrons. The molecular weight excluding hydrogens is 414 g/mol. The second-order valence-electron chi connectivity index (χ2n) is 9.69. The molecule has 3 fully saturated rings. The maximum atomic E-state index is 6.58. The fourth-order valence-electron chi connectivity index (χ4n) is 6.41. The maximum absolute atomic E-state index is 6.58. The molecule has 1 aromatic carbocycles. The monoisotopic (exact) mass is 450 g/mol. The highest BCUT2D eigenvalue weighted by Gasteiger charge is 2.45. The van der Waals surface area contributed by atoms with Gasteiger partial charge in [-0.15, -0.1) is 28.7 Å². The zero-order valence-corrected chi connectivity index (χ0v) is 20.2. The summed E-state index contributed by atoms with van der Waals surface area (Å²) in [7, 11) is 0. The topological polar surface area (TPSA) is 0 Å². The molecule has 0 N–H and O–H groups in total. The summed E-state index contributed by atoms with van der Waals surface area (Å²) in [6.07, 6.45) is 21.0. The molecule has 0 unspecified atom stereocenters. The predicted molar refractivity (Wildman–Crippen MR) is 133 cm³/mol. The van der Waals surface area contributed by atoms with Crippen molar-refractivity contribution >= 4 is 41.6 Å². The van der Waals surface area contributed by atoms with Gasteiger partial charge < -0.3 is 0 Å². The van der Waals surface area contributed by atoms with Gasteiger partial charge >= 0.3 is 0 Å². The van der Waals surface area contributed by atoms with Crippen LogP contribution in [0.25, 0.3) is 6.08 Å². The standard InChI is InChI=1S/C26H37Cl2P/c27-26(28)19-16-25(17-20-26)29(23-12-6-2-7-13-23,24-14-8-3-9-15-24)21-18-22-10-4-1-5-11-22/h1,4-5,10-11,18,23-25H,2-3,6-9,12-17,19-20H2. The first-order valence-corrected chi connectivity index (χ1v) is 14.8. The Hall–Kier alpha value is -0.120. The van der Waals surface area contributed by atoms with Crippen molar-refractivity contribution in [2.45, 2.75) is 111 Å². The average molecular weight is 451 g/mol. The van der Waals surface area contributed by atoms with Gasteiger partial charge in [-0.2, -0.15) is 0 Å². The second kappa shape index (κ2) is 10.0. The van der Waals surface area contributed by atoms with Gasteiger partial charge in [0.15, 0.2) is 0 Å². The van der Waals surface area contributed by atoms with Crippen LogP contribution in [-0.2, 0) is 0 Å². The van der Waals surface area contributed by atoms with Crippen LogP contribution < -0.4 is 0 Å². The molecule has 0 spiro atoms. The van der Waals surface area contributed by atoms with Crippen LogP contribution in [0.3, 0.4) is 0 Å². The lowest BCUT2D eigenvalue weighted by Gasteiger charge is -2.49. The van der Waals surface area contributed by atoms with Gasteiger partial charge in [0.2, 0.25) is 0 Å². The van der Waals surface area contributed by atoms with Crippen molar-refractivity contribution in [3.63, 3.8) is 0 Å². The molecule has 0 nitrogen and oxygen atoms in total. The SMILES string of the molecule is ClC1(Cl)CCC(P(=C=Cc2ccccc2)(C2CCCCC2)C2CCCCC2)CC1. The van der Waals surface area contributed by atoms with Crippen LogP contribution in [0.15, 0.2) is 30.3 Å². The summed E-state index contributed by atoms with van der Waals surface area (Å²) in [5, 5.41) is 0. The Balaban J connectivity index is 1.81. The van der Waals surface area contributed by atoms with E-state index in [1.807, 2.05) is 0 Å². The second-order valence-corrected chi connectivity index (χ2v) is 15.4. The highest BCUT2D eigenvalue weighted by atomic mass is 35.5. The number of benzene rings is 1. The third kappa shape index (κ3) is 5.21. The first-order chi connectivity index (χ1) is 14.1. The molecule has 0 saturated heterocycles. The van der Waals surface area contributed by atoms with Gasteiger partial charge in [-0.25, -0.2) is 0 Å². The summed E-state index contributed by atoms with van der Waals surface area (Å²) in [6, 6.07) is 10.9. The normalized spacial score (nSPS) is 24.8. The number of hydrogen-bond acceptors (Lipinski definition) is 0. The zero-order chi connectivity index (χ0) is 20.2. The van der Waals surface area contributed by atoms with Crippen LogP contribution in [0, 0.1) is 0 Å². The Labute approximate surface area is 188 Å². The largest absolute Gasteiger partial charge is 0.125 e.